The van der Waals surface area contributed by atoms with Crippen LogP contribution in [0.1, 0.15) is 22.8 Å². The third kappa shape index (κ3) is 2.83. The van der Waals surface area contributed by atoms with Crippen LogP contribution in [0.15, 0.2) is 59.8 Å². The van der Waals surface area contributed by atoms with Gasteiger partial charge in [0, 0.05) is 22.7 Å². The first kappa shape index (κ1) is 13.9. The number of benzene rings is 2. The number of hydrogen-bond donors (Lipinski definition) is 3. The molecule has 5 nitrogen and oxygen atoms in total. The van der Waals surface area contributed by atoms with Crippen molar-refractivity contribution in [1.82, 2.24) is 10.4 Å². The van der Waals surface area contributed by atoms with Crippen molar-refractivity contribution in [2.24, 2.45) is 5.10 Å². The number of phenolic OH excluding ortho intramolecular Hbond substituents is 1. The second-order valence-electron chi connectivity index (χ2n) is 4.97. The number of nitrogens with zero attached hydrogens (tertiary/aromatic N) is 1. The highest BCUT2D eigenvalue weighted by molar-refractivity contribution is 6.03. The fourth-order valence-electron chi connectivity index (χ4n) is 2.19. The summed E-state index contributed by atoms with van der Waals surface area (Å²) < 4.78 is 0. The van der Waals surface area contributed by atoms with E-state index in [4.69, 9.17) is 0 Å². The van der Waals surface area contributed by atoms with Gasteiger partial charge in [-0.3, -0.25) is 4.79 Å². The second-order valence-corrected chi connectivity index (χ2v) is 4.97. The zero-order valence-electron chi connectivity index (χ0n) is 12.0. The standard InChI is InChI=1S/C17H15N3O2/c1-11(12-5-6-16-13(9-12)7-8-18-16)19-20-17(22)14-3-2-4-15(21)10-14/h2-10,18,21H,1H3,(H,20,22)/b19-11+. The maximum atomic E-state index is 12.0. The topological polar surface area (TPSA) is 77.5 Å². The Morgan fingerprint density at radius 2 is 2.00 bits per heavy atom. The molecule has 2 aromatic carbocycles. The smallest absolute Gasteiger partial charge is 0.271 e. The number of aromatic nitrogens is 1. The second kappa shape index (κ2) is 5.73. The van der Waals surface area contributed by atoms with Crippen LogP contribution in [-0.2, 0) is 0 Å². The molecule has 0 unspecified atom stereocenters. The maximum Gasteiger partial charge on any atom is 0.271 e. The van der Waals surface area contributed by atoms with Crippen LogP contribution in [-0.4, -0.2) is 21.7 Å². The molecule has 3 aromatic rings. The van der Waals surface area contributed by atoms with Gasteiger partial charge in [-0.15, -0.1) is 0 Å². The normalized spacial score (nSPS) is 11.6. The molecule has 0 atom stereocenters. The summed E-state index contributed by atoms with van der Waals surface area (Å²) in [5.74, 6) is -0.316. The predicted molar refractivity (Wildman–Crippen MR) is 86.1 cm³/mol. The third-order valence-electron chi connectivity index (χ3n) is 3.40. The van der Waals surface area contributed by atoms with Gasteiger partial charge < -0.3 is 10.1 Å². The molecule has 22 heavy (non-hydrogen) atoms. The summed E-state index contributed by atoms with van der Waals surface area (Å²) in [5, 5.41) is 14.6. The number of aromatic amines is 1. The Morgan fingerprint density at radius 1 is 1.14 bits per heavy atom. The number of nitrogens with one attached hydrogen (secondary N) is 2. The Balaban J connectivity index is 1.78. The van der Waals surface area contributed by atoms with E-state index >= 15 is 0 Å². The van der Waals surface area contributed by atoms with Gasteiger partial charge >= 0.3 is 0 Å². The first-order valence-corrected chi connectivity index (χ1v) is 6.85. The van der Waals surface area contributed by atoms with Gasteiger partial charge in [-0.2, -0.15) is 5.10 Å². The maximum absolute atomic E-state index is 12.0. The van der Waals surface area contributed by atoms with Crippen molar-refractivity contribution in [2.75, 3.05) is 0 Å². The average Bonchev–Trinajstić information content (AvgIpc) is 2.99. The van der Waals surface area contributed by atoms with Gasteiger partial charge in [0.05, 0.1) is 5.71 Å². The van der Waals surface area contributed by atoms with Crippen LogP contribution in [0.2, 0.25) is 0 Å². The number of hydrazone groups is 1. The fourth-order valence-corrected chi connectivity index (χ4v) is 2.19. The average molecular weight is 293 g/mol. The monoisotopic (exact) mass is 293 g/mol. The van der Waals surface area contributed by atoms with E-state index in [9.17, 15) is 9.90 Å². The zero-order valence-corrected chi connectivity index (χ0v) is 12.0. The van der Waals surface area contributed by atoms with Crippen LogP contribution in [0.5, 0.6) is 5.75 Å². The van der Waals surface area contributed by atoms with Crippen LogP contribution in [0.25, 0.3) is 10.9 Å². The number of aromatic hydroxyl groups is 1. The lowest BCUT2D eigenvalue weighted by Crippen LogP contribution is -2.19. The van der Waals surface area contributed by atoms with Crippen LogP contribution in [0, 0.1) is 0 Å². The van der Waals surface area contributed by atoms with Crippen LogP contribution in [0.3, 0.4) is 0 Å². The third-order valence-corrected chi connectivity index (χ3v) is 3.40. The van der Waals surface area contributed by atoms with Gasteiger partial charge in [0.25, 0.3) is 5.91 Å². The highest BCUT2D eigenvalue weighted by atomic mass is 16.3. The first-order chi connectivity index (χ1) is 10.6. The zero-order chi connectivity index (χ0) is 15.5. The molecule has 0 aliphatic carbocycles. The minimum Gasteiger partial charge on any atom is -0.508 e. The summed E-state index contributed by atoms with van der Waals surface area (Å²) in [7, 11) is 0. The minimum absolute atomic E-state index is 0.0475. The van der Waals surface area contributed by atoms with E-state index in [0.29, 0.717) is 11.3 Å². The van der Waals surface area contributed by atoms with Gasteiger partial charge in [-0.25, -0.2) is 5.43 Å². The van der Waals surface area contributed by atoms with Crippen LogP contribution in [0.4, 0.5) is 0 Å². The van der Waals surface area contributed by atoms with Crippen molar-refractivity contribution in [2.45, 2.75) is 6.92 Å². The van der Waals surface area contributed by atoms with E-state index in [0.717, 1.165) is 16.5 Å². The molecule has 0 fully saturated rings. The van der Waals surface area contributed by atoms with Crippen molar-refractivity contribution in [3.63, 3.8) is 0 Å². The summed E-state index contributed by atoms with van der Waals surface area (Å²) in [5.41, 5.74) is 5.55. The van der Waals surface area contributed by atoms with Crippen molar-refractivity contribution >= 4 is 22.5 Å². The summed E-state index contributed by atoms with van der Waals surface area (Å²) in [4.78, 5) is 15.1. The minimum atomic E-state index is -0.363. The Bertz CT molecular complexity index is 865. The summed E-state index contributed by atoms with van der Waals surface area (Å²) >= 11 is 0. The summed E-state index contributed by atoms with van der Waals surface area (Å²) in [6, 6.07) is 14.0. The number of phenols is 1. The first-order valence-electron chi connectivity index (χ1n) is 6.85. The largest absolute Gasteiger partial charge is 0.508 e. The van der Waals surface area contributed by atoms with Gasteiger partial charge in [0.2, 0.25) is 0 Å². The van der Waals surface area contributed by atoms with Gasteiger partial charge in [0.1, 0.15) is 5.75 Å². The van der Waals surface area contributed by atoms with E-state index in [1.54, 1.807) is 12.1 Å². The highest BCUT2D eigenvalue weighted by Crippen LogP contribution is 2.15. The SMILES string of the molecule is C/C(=N\NC(=O)c1cccc(O)c1)c1ccc2[nH]ccc2c1. The molecule has 0 saturated carbocycles. The van der Waals surface area contributed by atoms with Crippen molar-refractivity contribution in [1.29, 1.82) is 0 Å². The number of H-pyrrole nitrogens is 1. The molecular weight excluding hydrogens is 278 g/mol. The molecule has 0 bridgehead atoms. The molecule has 5 heteroatoms. The van der Waals surface area contributed by atoms with Crippen molar-refractivity contribution in [3.05, 3.63) is 65.9 Å². The van der Waals surface area contributed by atoms with Crippen molar-refractivity contribution in [3.8, 4) is 5.75 Å². The Hall–Kier alpha value is -3.08. The lowest BCUT2D eigenvalue weighted by molar-refractivity contribution is 0.0954. The van der Waals surface area contributed by atoms with E-state index in [2.05, 4.69) is 15.5 Å². The van der Waals surface area contributed by atoms with E-state index < -0.39 is 0 Å². The van der Waals surface area contributed by atoms with Crippen LogP contribution >= 0.6 is 0 Å². The molecule has 0 aliphatic heterocycles. The molecule has 0 spiro atoms. The van der Waals surface area contributed by atoms with E-state index in [-0.39, 0.29) is 11.7 Å². The predicted octanol–water partition coefficient (Wildman–Crippen LogP) is 3.03. The number of rotatable bonds is 3. The Labute approximate surface area is 127 Å². The molecular formula is C17H15N3O2. The van der Waals surface area contributed by atoms with Gasteiger partial charge in [0.15, 0.2) is 0 Å². The molecule has 3 rings (SSSR count). The highest BCUT2D eigenvalue weighted by Gasteiger charge is 2.06. The van der Waals surface area contributed by atoms with Crippen molar-refractivity contribution < 1.29 is 9.90 Å². The quantitative estimate of drug-likeness (QED) is 0.513. The Kier molecular flexibility index (Phi) is 3.62. The molecule has 110 valence electrons. The molecule has 3 N–H and O–H groups in total. The lowest BCUT2D eigenvalue weighted by atomic mass is 10.1. The van der Waals surface area contributed by atoms with E-state index in [1.807, 2.05) is 37.4 Å². The molecule has 1 heterocycles. The van der Waals surface area contributed by atoms with Gasteiger partial charge in [-0.05, 0) is 48.9 Å². The summed E-state index contributed by atoms with van der Waals surface area (Å²) in [6.45, 7) is 1.83. The van der Waals surface area contributed by atoms with E-state index in [1.165, 1.54) is 12.1 Å². The van der Waals surface area contributed by atoms with Crippen LogP contribution < -0.4 is 5.43 Å². The van der Waals surface area contributed by atoms with Gasteiger partial charge in [-0.1, -0.05) is 12.1 Å². The molecule has 0 saturated heterocycles. The molecule has 1 aromatic heterocycles. The number of amides is 1. The summed E-state index contributed by atoms with van der Waals surface area (Å²) in [6.07, 6.45) is 1.88. The molecule has 0 aliphatic rings. The number of hydrogen-bond acceptors (Lipinski definition) is 3. The number of carbonyl (C=O) groups excluding carboxylic acids is 1. The lowest BCUT2D eigenvalue weighted by Gasteiger charge is -2.04. The molecule has 0 radical (unpaired) electrons. The Morgan fingerprint density at radius 3 is 2.82 bits per heavy atom. The molecule has 1 amide bonds. The number of fused-ring (bicyclic) bond motifs is 1. The fraction of sp³-hybridized carbons (Fsp3) is 0.0588. The number of carbonyl (C=O) groups is 1.